The zero-order chi connectivity index (χ0) is 15.8. The number of rotatable bonds is 6. The van der Waals surface area contributed by atoms with Crippen LogP contribution in [0.15, 0.2) is 24.3 Å². The molecule has 116 valence electrons. The molecular weight excluding hydrogens is 266 g/mol. The van der Waals surface area contributed by atoms with E-state index in [0.717, 1.165) is 17.7 Å². The Hall–Kier alpha value is -2.04. The molecule has 0 saturated carbocycles. The van der Waals surface area contributed by atoms with Crippen molar-refractivity contribution < 1.29 is 9.59 Å². The van der Waals surface area contributed by atoms with Gasteiger partial charge >= 0.3 is 6.03 Å². The lowest BCUT2D eigenvalue weighted by Gasteiger charge is -2.15. The van der Waals surface area contributed by atoms with Gasteiger partial charge in [0, 0.05) is 32.7 Å². The summed E-state index contributed by atoms with van der Waals surface area (Å²) in [5.74, 6) is 0.579. The number of hydrogen-bond donors (Lipinski definition) is 2. The van der Waals surface area contributed by atoms with E-state index in [4.69, 9.17) is 0 Å². The molecule has 0 saturated heterocycles. The molecule has 3 amide bonds. The second kappa shape index (κ2) is 8.29. The van der Waals surface area contributed by atoms with Crippen LogP contribution in [-0.4, -0.2) is 30.4 Å². The zero-order valence-corrected chi connectivity index (χ0v) is 13.3. The molecule has 0 bridgehead atoms. The minimum Gasteiger partial charge on any atom is -0.342 e. The number of carbonyl (C=O) groups excluding carboxylic acids is 2. The molecule has 21 heavy (non-hydrogen) atoms. The van der Waals surface area contributed by atoms with Crippen LogP contribution in [0.2, 0.25) is 0 Å². The van der Waals surface area contributed by atoms with Crippen molar-refractivity contribution in [1.82, 2.24) is 10.2 Å². The number of nitrogens with zero attached hydrogens (tertiary/aromatic N) is 1. The van der Waals surface area contributed by atoms with Crippen molar-refractivity contribution in [3.63, 3.8) is 0 Å². The van der Waals surface area contributed by atoms with Crippen LogP contribution in [0.1, 0.15) is 32.8 Å². The highest BCUT2D eigenvalue weighted by Gasteiger charge is 2.06. The molecule has 5 nitrogen and oxygen atoms in total. The molecule has 0 aliphatic carbocycles. The lowest BCUT2D eigenvalue weighted by Crippen LogP contribution is -2.30. The van der Waals surface area contributed by atoms with E-state index in [-0.39, 0.29) is 11.9 Å². The minimum atomic E-state index is -0.201. The predicted octanol–water partition coefficient (Wildman–Crippen LogP) is 2.83. The van der Waals surface area contributed by atoms with Gasteiger partial charge in [0.15, 0.2) is 0 Å². The number of nitrogens with one attached hydrogen (secondary N) is 2. The second-order valence-electron chi connectivity index (χ2n) is 5.64. The van der Waals surface area contributed by atoms with Gasteiger partial charge in [-0.05, 0) is 30.0 Å². The minimum absolute atomic E-state index is 0.0137. The molecule has 0 aliphatic rings. The van der Waals surface area contributed by atoms with E-state index in [1.807, 2.05) is 24.3 Å². The Bertz CT molecular complexity index is 486. The van der Waals surface area contributed by atoms with Crippen LogP contribution < -0.4 is 10.6 Å². The van der Waals surface area contributed by atoms with Crippen molar-refractivity contribution in [1.29, 1.82) is 0 Å². The molecule has 0 unspecified atom stereocenters. The third kappa shape index (κ3) is 6.79. The highest BCUT2D eigenvalue weighted by atomic mass is 16.2. The number of anilines is 1. The second-order valence-corrected chi connectivity index (χ2v) is 5.64. The Morgan fingerprint density at radius 2 is 2.00 bits per heavy atom. The third-order valence-corrected chi connectivity index (χ3v) is 3.15. The molecule has 0 fully saturated rings. The van der Waals surface area contributed by atoms with Crippen molar-refractivity contribution in [2.45, 2.75) is 33.7 Å². The summed E-state index contributed by atoms with van der Waals surface area (Å²) in [7, 11) is 1.75. The fourth-order valence-electron chi connectivity index (χ4n) is 1.78. The number of urea groups is 1. The van der Waals surface area contributed by atoms with E-state index in [0.29, 0.717) is 19.0 Å². The fourth-order valence-corrected chi connectivity index (χ4v) is 1.78. The van der Waals surface area contributed by atoms with Crippen LogP contribution in [-0.2, 0) is 11.3 Å². The Morgan fingerprint density at radius 1 is 1.29 bits per heavy atom. The molecule has 0 heterocycles. The molecule has 0 aliphatic heterocycles. The smallest absolute Gasteiger partial charge is 0.319 e. The number of benzene rings is 1. The maximum absolute atomic E-state index is 11.7. The summed E-state index contributed by atoms with van der Waals surface area (Å²) in [6.45, 7) is 6.96. The molecule has 0 spiro atoms. The quantitative estimate of drug-likeness (QED) is 0.846. The summed E-state index contributed by atoms with van der Waals surface area (Å²) >= 11 is 0. The first kappa shape index (κ1) is 17.0. The molecule has 1 aromatic carbocycles. The van der Waals surface area contributed by atoms with Crippen molar-refractivity contribution >= 4 is 17.6 Å². The van der Waals surface area contributed by atoms with E-state index in [9.17, 15) is 9.59 Å². The monoisotopic (exact) mass is 291 g/mol. The molecule has 1 aromatic rings. The van der Waals surface area contributed by atoms with Crippen LogP contribution in [0.4, 0.5) is 10.5 Å². The molecule has 0 atom stereocenters. The van der Waals surface area contributed by atoms with Gasteiger partial charge in [0.1, 0.15) is 0 Å². The first-order valence-electron chi connectivity index (χ1n) is 7.24. The molecule has 0 radical (unpaired) electrons. The zero-order valence-electron chi connectivity index (χ0n) is 13.3. The highest BCUT2D eigenvalue weighted by Crippen LogP contribution is 2.12. The van der Waals surface area contributed by atoms with Gasteiger partial charge in [-0.2, -0.15) is 0 Å². The number of amides is 3. The molecular formula is C16H25N3O2. The average molecular weight is 291 g/mol. The Labute approximate surface area is 126 Å². The largest absolute Gasteiger partial charge is 0.342 e. The van der Waals surface area contributed by atoms with Gasteiger partial charge in [-0.1, -0.05) is 26.0 Å². The summed E-state index contributed by atoms with van der Waals surface area (Å²) in [5.41, 5.74) is 1.71. The van der Waals surface area contributed by atoms with Gasteiger partial charge in [0.2, 0.25) is 5.91 Å². The Kier molecular flexibility index (Phi) is 6.72. The van der Waals surface area contributed by atoms with E-state index in [1.165, 1.54) is 6.92 Å². The van der Waals surface area contributed by atoms with E-state index < -0.39 is 0 Å². The Balaban J connectivity index is 2.52. The Morgan fingerprint density at radius 3 is 2.62 bits per heavy atom. The first-order chi connectivity index (χ1) is 9.88. The molecule has 5 heteroatoms. The summed E-state index contributed by atoms with van der Waals surface area (Å²) in [6.07, 6.45) is 0.955. The van der Waals surface area contributed by atoms with Crippen LogP contribution in [0.25, 0.3) is 0 Å². The standard InChI is InChI=1S/C16H25N3O2/c1-12(2)8-9-17-16(21)18-15-7-5-6-14(10-15)11-19(4)13(3)20/h5-7,10,12H,8-9,11H2,1-4H3,(H2,17,18,21). The van der Waals surface area contributed by atoms with E-state index in [2.05, 4.69) is 24.5 Å². The van der Waals surface area contributed by atoms with Crippen LogP contribution >= 0.6 is 0 Å². The topological polar surface area (TPSA) is 61.4 Å². The van der Waals surface area contributed by atoms with Crippen molar-refractivity contribution in [2.24, 2.45) is 5.92 Å². The first-order valence-corrected chi connectivity index (χ1v) is 7.24. The summed E-state index contributed by atoms with van der Waals surface area (Å²) in [5, 5.41) is 5.63. The van der Waals surface area contributed by atoms with Gasteiger partial charge in [-0.15, -0.1) is 0 Å². The van der Waals surface area contributed by atoms with Gasteiger partial charge in [0.05, 0.1) is 0 Å². The molecule has 0 aromatic heterocycles. The number of hydrogen-bond acceptors (Lipinski definition) is 2. The summed E-state index contributed by atoms with van der Waals surface area (Å²) < 4.78 is 0. The highest BCUT2D eigenvalue weighted by molar-refractivity contribution is 5.89. The maximum Gasteiger partial charge on any atom is 0.319 e. The molecule has 1 rings (SSSR count). The predicted molar refractivity (Wildman–Crippen MR) is 85.1 cm³/mol. The average Bonchev–Trinajstić information content (AvgIpc) is 2.38. The summed E-state index contributed by atoms with van der Waals surface area (Å²) in [6, 6.07) is 7.31. The van der Waals surface area contributed by atoms with Gasteiger partial charge < -0.3 is 15.5 Å². The van der Waals surface area contributed by atoms with Gasteiger partial charge in [-0.3, -0.25) is 4.79 Å². The van der Waals surface area contributed by atoms with Crippen molar-refractivity contribution in [3.05, 3.63) is 29.8 Å². The van der Waals surface area contributed by atoms with Gasteiger partial charge in [0.25, 0.3) is 0 Å². The fraction of sp³-hybridized carbons (Fsp3) is 0.500. The van der Waals surface area contributed by atoms with Crippen molar-refractivity contribution in [3.8, 4) is 0 Å². The van der Waals surface area contributed by atoms with Crippen molar-refractivity contribution in [2.75, 3.05) is 18.9 Å². The SMILES string of the molecule is CC(=O)N(C)Cc1cccc(NC(=O)NCCC(C)C)c1. The van der Waals surface area contributed by atoms with Crippen LogP contribution in [0.3, 0.4) is 0 Å². The lowest BCUT2D eigenvalue weighted by atomic mass is 10.1. The van der Waals surface area contributed by atoms with Crippen LogP contribution in [0, 0.1) is 5.92 Å². The number of carbonyl (C=O) groups is 2. The van der Waals surface area contributed by atoms with Gasteiger partial charge in [-0.25, -0.2) is 4.79 Å². The third-order valence-electron chi connectivity index (χ3n) is 3.15. The van der Waals surface area contributed by atoms with E-state index in [1.54, 1.807) is 11.9 Å². The maximum atomic E-state index is 11.7. The normalized spacial score (nSPS) is 10.3. The summed E-state index contributed by atoms with van der Waals surface area (Å²) in [4.78, 5) is 24.6. The van der Waals surface area contributed by atoms with E-state index >= 15 is 0 Å². The lowest BCUT2D eigenvalue weighted by molar-refractivity contribution is -0.128. The molecule has 2 N–H and O–H groups in total. The van der Waals surface area contributed by atoms with Crippen LogP contribution in [0.5, 0.6) is 0 Å².